The van der Waals surface area contributed by atoms with Crippen LogP contribution in [0.3, 0.4) is 0 Å². The zero-order valence-corrected chi connectivity index (χ0v) is 14.9. The van der Waals surface area contributed by atoms with Crippen LogP contribution < -0.4 is 5.84 Å². The first-order valence-corrected chi connectivity index (χ1v) is 8.78. The highest BCUT2D eigenvalue weighted by Gasteiger charge is 2.14. The van der Waals surface area contributed by atoms with Crippen LogP contribution in [0.2, 0.25) is 0 Å². The number of pyridine rings is 1. The van der Waals surface area contributed by atoms with Gasteiger partial charge in [-0.25, -0.2) is 4.68 Å². The molecule has 1 aromatic carbocycles. The van der Waals surface area contributed by atoms with Crippen molar-refractivity contribution in [3.63, 3.8) is 0 Å². The molecule has 3 aromatic rings. The van der Waals surface area contributed by atoms with E-state index in [9.17, 15) is 0 Å². The Kier molecular flexibility index (Phi) is 4.57. The second-order valence-electron chi connectivity index (χ2n) is 6.63. The van der Waals surface area contributed by atoms with Crippen molar-refractivity contribution in [3.05, 3.63) is 59.8 Å². The van der Waals surface area contributed by atoms with Crippen LogP contribution in [0.25, 0.3) is 11.5 Å². The molecule has 3 rings (SSSR count). The smallest absolute Gasteiger partial charge is 0.210 e. The number of nitrogen functional groups attached to an aromatic ring is 1. The standard InChI is InChI=1S/C18H21N5S/c1-18(2,3)14-9-7-13(8-10-14)12-24-17-22-21-16(23(17)19)15-6-4-5-11-20-15/h4-11H,12,19H2,1-3H3. The van der Waals surface area contributed by atoms with Crippen molar-refractivity contribution in [1.29, 1.82) is 0 Å². The summed E-state index contributed by atoms with van der Waals surface area (Å²) in [5.74, 6) is 7.48. The van der Waals surface area contributed by atoms with Gasteiger partial charge in [0.15, 0.2) is 0 Å². The highest BCUT2D eigenvalue weighted by atomic mass is 32.2. The molecule has 0 spiro atoms. The molecule has 0 saturated heterocycles. The SMILES string of the molecule is CC(C)(C)c1ccc(CSc2nnc(-c3ccccn3)n2N)cc1. The molecular weight excluding hydrogens is 318 g/mol. The highest BCUT2D eigenvalue weighted by molar-refractivity contribution is 7.98. The van der Waals surface area contributed by atoms with Gasteiger partial charge >= 0.3 is 0 Å². The quantitative estimate of drug-likeness (QED) is 0.580. The Morgan fingerprint density at radius 1 is 1.04 bits per heavy atom. The minimum atomic E-state index is 0.167. The van der Waals surface area contributed by atoms with Crippen molar-refractivity contribution in [2.75, 3.05) is 5.84 Å². The van der Waals surface area contributed by atoms with E-state index in [0.29, 0.717) is 16.7 Å². The molecule has 124 valence electrons. The minimum Gasteiger partial charge on any atom is -0.335 e. The summed E-state index contributed by atoms with van der Waals surface area (Å²) in [6, 6.07) is 14.3. The van der Waals surface area contributed by atoms with Crippen molar-refractivity contribution in [3.8, 4) is 11.5 Å². The van der Waals surface area contributed by atoms with Gasteiger partial charge in [0, 0.05) is 11.9 Å². The first-order chi connectivity index (χ1) is 11.4. The fourth-order valence-corrected chi connectivity index (χ4v) is 3.11. The van der Waals surface area contributed by atoms with E-state index in [-0.39, 0.29) is 5.41 Å². The Labute approximate surface area is 146 Å². The summed E-state index contributed by atoms with van der Waals surface area (Å²) in [4.78, 5) is 4.26. The fourth-order valence-electron chi connectivity index (χ4n) is 2.29. The van der Waals surface area contributed by atoms with E-state index >= 15 is 0 Å². The molecular formula is C18H21N5S. The Morgan fingerprint density at radius 2 is 1.79 bits per heavy atom. The normalized spacial score (nSPS) is 11.6. The largest absolute Gasteiger partial charge is 0.335 e. The number of nitrogens with two attached hydrogens (primary N) is 1. The minimum absolute atomic E-state index is 0.167. The zero-order valence-electron chi connectivity index (χ0n) is 14.1. The van der Waals surface area contributed by atoms with Crippen molar-refractivity contribution >= 4 is 11.8 Å². The summed E-state index contributed by atoms with van der Waals surface area (Å²) in [5.41, 5.74) is 3.45. The van der Waals surface area contributed by atoms with Crippen LogP contribution in [-0.4, -0.2) is 19.9 Å². The number of hydrogen-bond acceptors (Lipinski definition) is 5. The van der Waals surface area contributed by atoms with Crippen molar-refractivity contribution in [1.82, 2.24) is 19.9 Å². The molecule has 6 heteroatoms. The van der Waals surface area contributed by atoms with Gasteiger partial charge in [-0.2, -0.15) is 0 Å². The number of hydrogen-bond donors (Lipinski definition) is 1. The lowest BCUT2D eigenvalue weighted by molar-refractivity contribution is 0.590. The van der Waals surface area contributed by atoms with Crippen LogP contribution in [0.5, 0.6) is 0 Å². The third-order valence-corrected chi connectivity index (χ3v) is 4.76. The lowest BCUT2D eigenvalue weighted by Gasteiger charge is -2.19. The van der Waals surface area contributed by atoms with Crippen LogP contribution in [0.15, 0.2) is 53.8 Å². The first-order valence-electron chi connectivity index (χ1n) is 7.79. The maximum atomic E-state index is 6.11. The summed E-state index contributed by atoms with van der Waals surface area (Å²) >= 11 is 1.57. The van der Waals surface area contributed by atoms with E-state index in [1.54, 1.807) is 18.0 Å². The van der Waals surface area contributed by atoms with Gasteiger partial charge in [0.1, 0.15) is 5.69 Å². The van der Waals surface area contributed by atoms with Crippen molar-refractivity contribution < 1.29 is 0 Å². The van der Waals surface area contributed by atoms with Crippen LogP contribution >= 0.6 is 11.8 Å². The molecule has 0 aliphatic heterocycles. The van der Waals surface area contributed by atoms with Crippen molar-refractivity contribution in [2.45, 2.75) is 37.1 Å². The molecule has 24 heavy (non-hydrogen) atoms. The second-order valence-corrected chi connectivity index (χ2v) is 7.57. The van der Waals surface area contributed by atoms with Gasteiger partial charge in [0.25, 0.3) is 0 Å². The van der Waals surface area contributed by atoms with Crippen LogP contribution in [0, 0.1) is 0 Å². The number of aromatic nitrogens is 4. The Balaban J connectivity index is 1.71. The predicted molar refractivity (Wildman–Crippen MR) is 98.1 cm³/mol. The molecule has 0 fully saturated rings. The van der Waals surface area contributed by atoms with Gasteiger partial charge in [-0.05, 0) is 28.7 Å². The molecule has 5 nitrogen and oxygen atoms in total. The Morgan fingerprint density at radius 3 is 2.42 bits per heavy atom. The Bertz CT molecular complexity index is 804. The fraction of sp³-hybridized carbons (Fsp3) is 0.278. The molecule has 0 saturated carbocycles. The van der Waals surface area contributed by atoms with E-state index in [2.05, 4.69) is 60.2 Å². The molecule has 0 amide bonds. The number of nitrogens with zero attached hydrogens (tertiary/aromatic N) is 4. The molecule has 0 aliphatic rings. The number of rotatable bonds is 4. The molecule has 2 aromatic heterocycles. The Hall–Kier alpha value is -2.34. The second kappa shape index (κ2) is 6.65. The summed E-state index contributed by atoms with van der Waals surface area (Å²) in [7, 11) is 0. The number of benzene rings is 1. The molecule has 0 unspecified atom stereocenters. The van der Waals surface area contributed by atoms with Gasteiger partial charge in [0.05, 0.1) is 0 Å². The average molecular weight is 339 g/mol. The predicted octanol–water partition coefficient (Wildman–Crippen LogP) is 3.64. The summed E-state index contributed by atoms with van der Waals surface area (Å²) in [6.07, 6.45) is 1.72. The summed E-state index contributed by atoms with van der Waals surface area (Å²) < 4.78 is 1.50. The van der Waals surface area contributed by atoms with E-state index in [1.165, 1.54) is 15.8 Å². The van der Waals surface area contributed by atoms with Crippen LogP contribution in [0.1, 0.15) is 31.9 Å². The highest BCUT2D eigenvalue weighted by Crippen LogP contribution is 2.26. The van der Waals surface area contributed by atoms with Gasteiger partial charge in [0.2, 0.25) is 11.0 Å². The van der Waals surface area contributed by atoms with Crippen LogP contribution in [-0.2, 0) is 11.2 Å². The van der Waals surface area contributed by atoms with E-state index in [4.69, 9.17) is 5.84 Å². The van der Waals surface area contributed by atoms with Gasteiger partial charge in [-0.1, -0.05) is 62.9 Å². The number of thioether (sulfide) groups is 1. The van der Waals surface area contributed by atoms with Crippen molar-refractivity contribution in [2.24, 2.45) is 0 Å². The maximum Gasteiger partial charge on any atom is 0.210 e. The lowest BCUT2D eigenvalue weighted by Crippen LogP contribution is -2.12. The summed E-state index contributed by atoms with van der Waals surface area (Å²) in [5, 5.41) is 9.00. The van der Waals surface area contributed by atoms with E-state index in [1.807, 2.05) is 18.2 Å². The topological polar surface area (TPSA) is 69.6 Å². The van der Waals surface area contributed by atoms with Crippen LogP contribution in [0.4, 0.5) is 0 Å². The molecule has 0 radical (unpaired) electrons. The molecule has 0 bridgehead atoms. The summed E-state index contributed by atoms with van der Waals surface area (Å²) in [6.45, 7) is 6.65. The van der Waals surface area contributed by atoms with Gasteiger partial charge < -0.3 is 5.84 Å². The third-order valence-electron chi connectivity index (χ3n) is 3.75. The third kappa shape index (κ3) is 3.59. The van der Waals surface area contributed by atoms with E-state index in [0.717, 1.165) is 5.75 Å². The van der Waals surface area contributed by atoms with Gasteiger partial charge in [-0.15, -0.1) is 10.2 Å². The molecule has 2 N–H and O–H groups in total. The zero-order chi connectivity index (χ0) is 17.2. The molecule has 0 aliphatic carbocycles. The first kappa shape index (κ1) is 16.5. The van der Waals surface area contributed by atoms with E-state index < -0.39 is 0 Å². The average Bonchev–Trinajstić information content (AvgIpc) is 2.94. The maximum absolute atomic E-state index is 6.11. The monoisotopic (exact) mass is 339 g/mol. The van der Waals surface area contributed by atoms with Gasteiger partial charge in [-0.3, -0.25) is 4.98 Å². The molecule has 0 atom stereocenters. The molecule has 2 heterocycles. The lowest BCUT2D eigenvalue weighted by atomic mass is 9.87.